The zero-order valence-corrected chi connectivity index (χ0v) is 12.0. The topological polar surface area (TPSA) is 47.7 Å². The van der Waals surface area contributed by atoms with Gasteiger partial charge in [-0.1, -0.05) is 6.92 Å². The molecule has 0 aliphatic carbocycles. The minimum absolute atomic E-state index is 0.293. The predicted molar refractivity (Wildman–Crippen MR) is 75.8 cm³/mol. The fourth-order valence-electron chi connectivity index (χ4n) is 2.25. The zero-order valence-electron chi connectivity index (χ0n) is 12.0. The summed E-state index contributed by atoms with van der Waals surface area (Å²) in [7, 11) is 1.99. The summed E-state index contributed by atoms with van der Waals surface area (Å²) in [5, 5.41) is 12.2. The van der Waals surface area contributed by atoms with E-state index >= 15 is 0 Å². The van der Waals surface area contributed by atoms with E-state index in [1.165, 1.54) is 11.3 Å². The van der Waals surface area contributed by atoms with Crippen molar-refractivity contribution in [1.82, 2.24) is 24.9 Å². The molecule has 0 aromatic carbocycles. The molecule has 2 rings (SSSR count). The second-order valence-corrected chi connectivity index (χ2v) is 4.79. The third-order valence-corrected chi connectivity index (χ3v) is 3.31. The van der Waals surface area contributed by atoms with Crippen molar-refractivity contribution in [2.45, 2.75) is 39.3 Å². The molecule has 19 heavy (non-hydrogen) atoms. The molecule has 2 aromatic heterocycles. The summed E-state index contributed by atoms with van der Waals surface area (Å²) in [5.41, 5.74) is 2.48. The van der Waals surface area contributed by atoms with Crippen molar-refractivity contribution in [3.63, 3.8) is 0 Å². The molecule has 0 spiro atoms. The Bertz CT molecular complexity index is 499. The van der Waals surface area contributed by atoms with E-state index in [0.29, 0.717) is 6.04 Å². The molecule has 2 aromatic rings. The normalized spacial score (nSPS) is 12.8. The molecule has 104 valence electrons. The van der Waals surface area contributed by atoms with Crippen LogP contribution >= 0.6 is 0 Å². The van der Waals surface area contributed by atoms with Crippen molar-refractivity contribution < 1.29 is 0 Å². The van der Waals surface area contributed by atoms with Gasteiger partial charge in [-0.05, 0) is 37.9 Å². The number of hydrogen-bond donors (Lipinski definition) is 1. The minimum Gasteiger partial charge on any atom is -0.308 e. The first-order valence-electron chi connectivity index (χ1n) is 6.97. The highest BCUT2D eigenvalue weighted by Crippen LogP contribution is 2.17. The molecule has 2 heterocycles. The van der Waals surface area contributed by atoms with Crippen LogP contribution in [-0.4, -0.2) is 26.1 Å². The second kappa shape index (κ2) is 6.52. The van der Waals surface area contributed by atoms with Crippen LogP contribution in [0.2, 0.25) is 0 Å². The second-order valence-electron chi connectivity index (χ2n) is 4.79. The van der Waals surface area contributed by atoms with Crippen molar-refractivity contribution in [1.29, 1.82) is 0 Å². The Hall–Kier alpha value is -1.62. The molecule has 5 nitrogen and oxygen atoms in total. The van der Waals surface area contributed by atoms with E-state index in [9.17, 15) is 0 Å². The van der Waals surface area contributed by atoms with Crippen LogP contribution in [0, 0.1) is 0 Å². The lowest BCUT2D eigenvalue weighted by Crippen LogP contribution is -2.26. The number of hydrogen-bond acceptors (Lipinski definition) is 3. The molecular weight excluding hydrogens is 238 g/mol. The van der Waals surface area contributed by atoms with E-state index < -0.39 is 0 Å². The molecule has 0 saturated carbocycles. The summed E-state index contributed by atoms with van der Waals surface area (Å²) in [4.78, 5) is 0. The van der Waals surface area contributed by atoms with Crippen molar-refractivity contribution >= 4 is 0 Å². The molecule has 0 bridgehead atoms. The number of aryl methyl sites for hydroxylation is 2. The quantitative estimate of drug-likeness (QED) is 0.828. The van der Waals surface area contributed by atoms with Gasteiger partial charge in [0.05, 0.1) is 17.9 Å². The van der Waals surface area contributed by atoms with Gasteiger partial charge >= 0.3 is 0 Å². The van der Waals surface area contributed by atoms with Gasteiger partial charge in [-0.2, -0.15) is 10.2 Å². The summed E-state index contributed by atoms with van der Waals surface area (Å²) >= 11 is 0. The largest absolute Gasteiger partial charge is 0.308 e. The van der Waals surface area contributed by atoms with Crippen molar-refractivity contribution in [3.8, 4) is 0 Å². The molecular formula is C14H23N5. The SMILES string of the molecule is CCCNC(Cc1cnn(CC)c1)c1ccnn1C. The Balaban J connectivity index is 2.11. The van der Waals surface area contributed by atoms with Gasteiger partial charge in [-0.3, -0.25) is 9.36 Å². The van der Waals surface area contributed by atoms with Gasteiger partial charge in [-0.15, -0.1) is 0 Å². The lowest BCUT2D eigenvalue weighted by Gasteiger charge is -2.18. The average Bonchev–Trinajstić information content (AvgIpc) is 3.03. The van der Waals surface area contributed by atoms with Gasteiger partial charge in [0.25, 0.3) is 0 Å². The first kappa shape index (κ1) is 13.8. The van der Waals surface area contributed by atoms with Crippen LogP contribution in [0.25, 0.3) is 0 Å². The van der Waals surface area contributed by atoms with Crippen LogP contribution in [0.3, 0.4) is 0 Å². The maximum atomic E-state index is 4.34. The Kier molecular flexibility index (Phi) is 4.74. The summed E-state index contributed by atoms with van der Waals surface area (Å²) in [6, 6.07) is 2.37. The van der Waals surface area contributed by atoms with Crippen LogP contribution in [0.1, 0.15) is 37.6 Å². The third kappa shape index (κ3) is 3.44. The zero-order chi connectivity index (χ0) is 13.7. The number of nitrogens with one attached hydrogen (secondary N) is 1. The van der Waals surface area contributed by atoms with Crippen LogP contribution in [0.5, 0.6) is 0 Å². The van der Waals surface area contributed by atoms with Crippen LogP contribution in [-0.2, 0) is 20.0 Å². The third-order valence-electron chi connectivity index (χ3n) is 3.31. The lowest BCUT2D eigenvalue weighted by atomic mass is 10.1. The standard InChI is InChI=1S/C14H23N5/c1-4-7-15-13(14-6-8-16-18(14)3)9-12-10-17-19(5-2)11-12/h6,8,10-11,13,15H,4-5,7,9H2,1-3H3. The summed E-state index contributed by atoms with van der Waals surface area (Å²) in [5.74, 6) is 0. The summed E-state index contributed by atoms with van der Waals surface area (Å²) in [6.45, 7) is 6.21. The smallest absolute Gasteiger partial charge is 0.0553 e. The lowest BCUT2D eigenvalue weighted by molar-refractivity contribution is 0.493. The van der Waals surface area contributed by atoms with E-state index in [4.69, 9.17) is 0 Å². The average molecular weight is 261 g/mol. The van der Waals surface area contributed by atoms with Gasteiger partial charge in [0.1, 0.15) is 0 Å². The maximum Gasteiger partial charge on any atom is 0.0553 e. The molecule has 0 aliphatic rings. The Morgan fingerprint density at radius 1 is 1.32 bits per heavy atom. The fraction of sp³-hybridized carbons (Fsp3) is 0.571. The van der Waals surface area contributed by atoms with E-state index in [1.807, 2.05) is 28.8 Å². The highest BCUT2D eigenvalue weighted by Gasteiger charge is 2.15. The maximum absolute atomic E-state index is 4.34. The molecule has 0 aliphatic heterocycles. The van der Waals surface area contributed by atoms with Crippen molar-refractivity contribution in [3.05, 3.63) is 35.9 Å². The molecule has 0 fully saturated rings. The molecule has 1 atom stereocenters. The van der Waals surface area contributed by atoms with Crippen LogP contribution < -0.4 is 5.32 Å². The van der Waals surface area contributed by atoms with Gasteiger partial charge in [0, 0.05) is 26.0 Å². The van der Waals surface area contributed by atoms with Gasteiger partial charge in [-0.25, -0.2) is 0 Å². The highest BCUT2D eigenvalue weighted by molar-refractivity contribution is 5.14. The van der Waals surface area contributed by atoms with Gasteiger partial charge in [0.2, 0.25) is 0 Å². The van der Waals surface area contributed by atoms with Crippen LogP contribution in [0.4, 0.5) is 0 Å². The van der Waals surface area contributed by atoms with Crippen molar-refractivity contribution in [2.75, 3.05) is 6.54 Å². The van der Waals surface area contributed by atoms with Gasteiger partial charge < -0.3 is 5.32 Å². The Morgan fingerprint density at radius 3 is 2.74 bits per heavy atom. The number of aromatic nitrogens is 4. The molecule has 0 saturated heterocycles. The van der Waals surface area contributed by atoms with Crippen LogP contribution in [0.15, 0.2) is 24.7 Å². The van der Waals surface area contributed by atoms with E-state index in [2.05, 4.69) is 41.6 Å². The first-order chi connectivity index (χ1) is 9.24. The molecule has 5 heteroatoms. The fourth-order valence-corrected chi connectivity index (χ4v) is 2.25. The number of nitrogens with zero attached hydrogens (tertiary/aromatic N) is 4. The predicted octanol–water partition coefficient (Wildman–Crippen LogP) is 1.92. The van der Waals surface area contributed by atoms with Crippen molar-refractivity contribution in [2.24, 2.45) is 7.05 Å². The molecule has 1 N–H and O–H groups in total. The molecule has 0 radical (unpaired) electrons. The van der Waals surface area contributed by atoms with Gasteiger partial charge in [0.15, 0.2) is 0 Å². The monoisotopic (exact) mass is 261 g/mol. The number of rotatable bonds is 7. The Morgan fingerprint density at radius 2 is 2.16 bits per heavy atom. The van der Waals surface area contributed by atoms with E-state index in [1.54, 1.807) is 0 Å². The summed E-state index contributed by atoms with van der Waals surface area (Å²) < 4.78 is 3.91. The summed E-state index contributed by atoms with van der Waals surface area (Å²) in [6.07, 6.45) is 8.00. The highest BCUT2D eigenvalue weighted by atomic mass is 15.3. The molecule has 0 amide bonds. The minimum atomic E-state index is 0.293. The Labute approximate surface area is 114 Å². The van der Waals surface area contributed by atoms with E-state index in [-0.39, 0.29) is 0 Å². The first-order valence-corrected chi connectivity index (χ1v) is 6.97. The van der Waals surface area contributed by atoms with E-state index in [0.717, 1.165) is 25.9 Å². The molecule has 1 unspecified atom stereocenters.